The van der Waals surface area contributed by atoms with Gasteiger partial charge in [0.25, 0.3) is 0 Å². The summed E-state index contributed by atoms with van der Waals surface area (Å²) < 4.78 is 11.5. The van der Waals surface area contributed by atoms with Crippen LogP contribution in [0.25, 0.3) is 0 Å². The zero-order valence-corrected chi connectivity index (χ0v) is 11.4. The van der Waals surface area contributed by atoms with Gasteiger partial charge in [-0.25, -0.2) is 0 Å². The van der Waals surface area contributed by atoms with Gasteiger partial charge in [-0.2, -0.15) is 0 Å². The molecule has 2 N–H and O–H groups in total. The van der Waals surface area contributed by atoms with Gasteiger partial charge in [-0.15, -0.1) is 0 Å². The van der Waals surface area contributed by atoms with Gasteiger partial charge in [-0.1, -0.05) is 18.2 Å². The van der Waals surface area contributed by atoms with Gasteiger partial charge in [-0.3, -0.25) is 4.90 Å². The van der Waals surface area contributed by atoms with Crippen molar-refractivity contribution >= 4 is 0 Å². The molecule has 2 aliphatic rings. The van der Waals surface area contributed by atoms with E-state index in [1.54, 1.807) is 0 Å². The number of benzene rings is 1. The molecule has 0 spiro atoms. The van der Waals surface area contributed by atoms with E-state index in [1.807, 2.05) is 18.2 Å². The van der Waals surface area contributed by atoms with Crippen LogP contribution < -0.4 is 10.5 Å². The van der Waals surface area contributed by atoms with Crippen molar-refractivity contribution in [1.29, 1.82) is 0 Å². The standard InChI is InChI=1S/C15H22N2O2/c1-17(9-11-5-4-8-18-11)13-10-19-14-7-3-2-6-12(14)15(13)16/h2-3,6-7,11,13,15H,4-5,8-10,16H2,1H3. The third-order valence-electron chi connectivity index (χ3n) is 4.18. The van der Waals surface area contributed by atoms with Crippen LogP contribution >= 0.6 is 0 Å². The average molecular weight is 262 g/mol. The highest BCUT2D eigenvalue weighted by molar-refractivity contribution is 5.38. The Bertz CT molecular complexity index is 432. The molecular weight excluding hydrogens is 240 g/mol. The summed E-state index contributed by atoms with van der Waals surface area (Å²) >= 11 is 0. The predicted molar refractivity (Wildman–Crippen MR) is 74.3 cm³/mol. The molecule has 4 nitrogen and oxygen atoms in total. The topological polar surface area (TPSA) is 47.7 Å². The van der Waals surface area contributed by atoms with E-state index in [-0.39, 0.29) is 12.1 Å². The van der Waals surface area contributed by atoms with Gasteiger partial charge in [0.15, 0.2) is 0 Å². The molecule has 3 unspecified atom stereocenters. The van der Waals surface area contributed by atoms with E-state index in [4.69, 9.17) is 15.2 Å². The number of ether oxygens (including phenoxy) is 2. The highest BCUT2D eigenvalue weighted by Gasteiger charge is 2.32. The molecule has 0 saturated carbocycles. The van der Waals surface area contributed by atoms with E-state index in [0.29, 0.717) is 12.7 Å². The Balaban J connectivity index is 1.68. The minimum atomic E-state index is 0.0105. The lowest BCUT2D eigenvalue weighted by atomic mass is 9.96. The molecular formula is C15H22N2O2. The molecule has 1 saturated heterocycles. The second kappa shape index (κ2) is 5.49. The minimum absolute atomic E-state index is 0.0105. The lowest BCUT2D eigenvalue weighted by molar-refractivity contribution is 0.0458. The Morgan fingerprint density at radius 3 is 3.00 bits per heavy atom. The Morgan fingerprint density at radius 2 is 2.21 bits per heavy atom. The van der Waals surface area contributed by atoms with Gasteiger partial charge >= 0.3 is 0 Å². The maximum atomic E-state index is 6.40. The van der Waals surface area contributed by atoms with Gasteiger partial charge in [0, 0.05) is 18.7 Å². The third-order valence-corrected chi connectivity index (χ3v) is 4.18. The average Bonchev–Trinajstić information content (AvgIpc) is 2.92. The number of nitrogens with two attached hydrogens (primary N) is 1. The number of para-hydroxylation sites is 1. The van der Waals surface area contributed by atoms with Gasteiger partial charge in [-0.05, 0) is 26.0 Å². The number of likely N-dealkylation sites (N-methyl/N-ethyl adjacent to an activating group) is 1. The zero-order chi connectivity index (χ0) is 13.2. The van der Waals surface area contributed by atoms with Crippen molar-refractivity contribution in [3.05, 3.63) is 29.8 Å². The van der Waals surface area contributed by atoms with E-state index in [1.165, 1.54) is 6.42 Å². The van der Waals surface area contributed by atoms with Crippen LogP contribution in [-0.2, 0) is 4.74 Å². The van der Waals surface area contributed by atoms with E-state index >= 15 is 0 Å². The molecule has 1 aromatic carbocycles. The van der Waals surface area contributed by atoms with Crippen molar-refractivity contribution in [1.82, 2.24) is 4.90 Å². The first-order valence-corrected chi connectivity index (χ1v) is 7.05. The molecule has 0 amide bonds. The van der Waals surface area contributed by atoms with E-state index < -0.39 is 0 Å². The van der Waals surface area contributed by atoms with Crippen molar-refractivity contribution in [2.75, 3.05) is 26.8 Å². The fourth-order valence-corrected chi connectivity index (χ4v) is 3.02. The summed E-state index contributed by atoms with van der Waals surface area (Å²) in [6, 6.07) is 8.29. The summed E-state index contributed by atoms with van der Waals surface area (Å²) in [6.45, 7) is 2.49. The minimum Gasteiger partial charge on any atom is -0.492 e. The SMILES string of the molecule is CN(CC1CCCO1)C1COc2ccccc2C1N. The molecule has 2 heterocycles. The van der Waals surface area contributed by atoms with Crippen LogP contribution in [0.15, 0.2) is 24.3 Å². The van der Waals surface area contributed by atoms with E-state index in [2.05, 4.69) is 18.0 Å². The monoisotopic (exact) mass is 262 g/mol. The predicted octanol–water partition coefficient (Wildman–Crippen LogP) is 1.56. The summed E-state index contributed by atoms with van der Waals surface area (Å²) in [5, 5.41) is 0. The lowest BCUT2D eigenvalue weighted by Gasteiger charge is -2.37. The second-order valence-electron chi connectivity index (χ2n) is 5.52. The molecule has 2 aliphatic heterocycles. The fraction of sp³-hybridized carbons (Fsp3) is 0.600. The molecule has 0 radical (unpaired) electrons. The van der Waals surface area contributed by atoms with Gasteiger partial charge in [0.1, 0.15) is 12.4 Å². The molecule has 1 fully saturated rings. The summed E-state index contributed by atoms with van der Waals surface area (Å²) in [5.74, 6) is 0.928. The number of fused-ring (bicyclic) bond motifs is 1. The molecule has 0 bridgehead atoms. The molecule has 1 aromatic rings. The van der Waals surface area contributed by atoms with Crippen LogP contribution in [-0.4, -0.2) is 43.9 Å². The molecule has 3 rings (SSSR count). The first-order valence-electron chi connectivity index (χ1n) is 7.05. The molecule has 0 aromatic heterocycles. The van der Waals surface area contributed by atoms with Crippen molar-refractivity contribution < 1.29 is 9.47 Å². The summed E-state index contributed by atoms with van der Waals surface area (Å²) in [5.41, 5.74) is 7.51. The second-order valence-corrected chi connectivity index (χ2v) is 5.52. The van der Waals surface area contributed by atoms with Crippen LogP contribution in [0.3, 0.4) is 0 Å². The van der Waals surface area contributed by atoms with Crippen LogP contribution in [0.1, 0.15) is 24.4 Å². The Hall–Kier alpha value is -1.10. The van der Waals surface area contributed by atoms with Crippen molar-refractivity contribution in [3.63, 3.8) is 0 Å². The van der Waals surface area contributed by atoms with Gasteiger partial charge < -0.3 is 15.2 Å². The third kappa shape index (κ3) is 2.61. The molecule has 3 atom stereocenters. The van der Waals surface area contributed by atoms with Crippen LogP contribution in [0.4, 0.5) is 0 Å². The normalized spacial score (nSPS) is 30.2. The maximum absolute atomic E-state index is 6.40. The fourth-order valence-electron chi connectivity index (χ4n) is 3.02. The van der Waals surface area contributed by atoms with Crippen LogP contribution in [0, 0.1) is 0 Å². The number of rotatable bonds is 3. The quantitative estimate of drug-likeness (QED) is 0.898. The Labute approximate surface area is 114 Å². The molecule has 19 heavy (non-hydrogen) atoms. The molecule has 0 aliphatic carbocycles. The van der Waals surface area contributed by atoms with Crippen LogP contribution in [0.5, 0.6) is 5.75 Å². The number of hydrogen-bond donors (Lipinski definition) is 1. The number of nitrogens with zero attached hydrogens (tertiary/aromatic N) is 1. The van der Waals surface area contributed by atoms with Crippen molar-refractivity contribution in [2.45, 2.75) is 31.0 Å². The van der Waals surface area contributed by atoms with Crippen LogP contribution in [0.2, 0.25) is 0 Å². The van der Waals surface area contributed by atoms with Gasteiger partial charge in [0.2, 0.25) is 0 Å². The summed E-state index contributed by atoms with van der Waals surface area (Å²) in [6.07, 6.45) is 2.69. The maximum Gasteiger partial charge on any atom is 0.124 e. The summed E-state index contributed by atoms with van der Waals surface area (Å²) in [4.78, 5) is 2.29. The Kier molecular flexibility index (Phi) is 3.73. The Morgan fingerprint density at radius 1 is 1.37 bits per heavy atom. The van der Waals surface area contributed by atoms with E-state index in [9.17, 15) is 0 Å². The largest absolute Gasteiger partial charge is 0.492 e. The summed E-state index contributed by atoms with van der Waals surface area (Å²) in [7, 11) is 2.11. The first kappa shape index (κ1) is 12.9. The van der Waals surface area contributed by atoms with Gasteiger partial charge in [0.05, 0.1) is 18.2 Å². The lowest BCUT2D eigenvalue weighted by Crippen LogP contribution is -2.49. The zero-order valence-electron chi connectivity index (χ0n) is 11.4. The number of hydrogen-bond acceptors (Lipinski definition) is 4. The highest BCUT2D eigenvalue weighted by Crippen LogP contribution is 2.32. The van der Waals surface area contributed by atoms with E-state index in [0.717, 1.165) is 30.9 Å². The smallest absolute Gasteiger partial charge is 0.124 e. The molecule has 4 heteroatoms. The van der Waals surface area contributed by atoms with Crippen molar-refractivity contribution in [2.24, 2.45) is 5.73 Å². The molecule has 104 valence electrons. The van der Waals surface area contributed by atoms with Crippen molar-refractivity contribution in [3.8, 4) is 5.75 Å². The first-order chi connectivity index (χ1) is 9.25. The highest BCUT2D eigenvalue weighted by atomic mass is 16.5.